The van der Waals surface area contributed by atoms with Crippen LogP contribution in [0.2, 0.25) is 5.02 Å². The fourth-order valence-electron chi connectivity index (χ4n) is 2.79. The number of carboxylic acids is 1. The van der Waals surface area contributed by atoms with Crippen LogP contribution < -0.4 is 4.90 Å². The Balaban J connectivity index is 1.85. The van der Waals surface area contributed by atoms with Crippen LogP contribution in [0.1, 0.15) is 27.7 Å². The third kappa shape index (κ3) is 5.25. The highest BCUT2D eigenvalue weighted by Crippen LogP contribution is 2.25. The van der Waals surface area contributed by atoms with Crippen molar-refractivity contribution in [3.8, 4) is 0 Å². The van der Waals surface area contributed by atoms with Gasteiger partial charge in [-0.25, -0.2) is 4.79 Å². The van der Waals surface area contributed by atoms with Gasteiger partial charge in [0.15, 0.2) is 6.61 Å². The molecule has 3 aromatic rings. The van der Waals surface area contributed by atoms with Crippen molar-refractivity contribution in [3.05, 3.63) is 87.1 Å². The average Bonchev–Trinajstić information content (AvgIpc) is 3.28. The van der Waals surface area contributed by atoms with E-state index in [9.17, 15) is 14.7 Å². The van der Waals surface area contributed by atoms with Crippen molar-refractivity contribution in [2.75, 3.05) is 11.5 Å². The van der Waals surface area contributed by atoms with Crippen molar-refractivity contribution in [1.29, 1.82) is 0 Å². The SMILES string of the molecule is C/C(=N\OCC(=O)N(Cc1ccccc1Cl)c1ccccc1C(=O)O)c1cccs1. The van der Waals surface area contributed by atoms with Gasteiger partial charge in [-0.2, -0.15) is 0 Å². The number of hydrogen-bond acceptors (Lipinski definition) is 5. The Labute approximate surface area is 183 Å². The molecule has 1 N–H and O–H groups in total. The number of rotatable bonds is 8. The third-order valence-corrected chi connectivity index (χ3v) is 5.63. The van der Waals surface area contributed by atoms with E-state index in [1.54, 1.807) is 49.4 Å². The fourth-order valence-corrected chi connectivity index (χ4v) is 3.65. The van der Waals surface area contributed by atoms with Gasteiger partial charge in [0.1, 0.15) is 0 Å². The van der Waals surface area contributed by atoms with Crippen LogP contribution in [0.25, 0.3) is 0 Å². The summed E-state index contributed by atoms with van der Waals surface area (Å²) in [6.07, 6.45) is 0. The van der Waals surface area contributed by atoms with Crippen molar-refractivity contribution in [3.63, 3.8) is 0 Å². The van der Waals surface area contributed by atoms with Gasteiger partial charge in [-0.3, -0.25) is 4.79 Å². The molecule has 30 heavy (non-hydrogen) atoms. The number of thiophene rings is 1. The van der Waals surface area contributed by atoms with Crippen LogP contribution in [0, 0.1) is 0 Å². The van der Waals surface area contributed by atoms with E-state index >= 15 is 0 Å². The minimum atomic E-state index is -1.13. The zero-order valence-electron chi connectivity index (χ0n) is 16.1. The molecule has 154 valence electrons. The van der Waals surface area contributed by atoms with Crippen molar-refractivity contribution in [1.82, 2.24) is 0 Å². The van der Waals surface area contributed by atoms with Gasteiger partial charge >= 0.3 is 5.97 Å². The van der Waals surface area contributed by atoms with Crippen LogP contribution in [0.3, 0.4) is 0 Å². The molecule has 2 aromatic carbocycles. The van der Waals surface area contributed by atoms with Gasteiger partial charge in [0.05, 0.1) is 28.4 Å². The molecule has 0 atom stereocenters. The molecule has 0 saturated carbocycles. The van der Waals surface area contributed by atoms with Crippen LogP contribution in [0.15, 0.2) is 71.2 Å². The normalized spacial score (nSPS) is 11.2. The maximum Gasteiger partial charge on any atom is 0.337 e. The number of anilines is 1. The summed E-state index contributed by atoms with van der Waals surface area (Å²) in [5, 5.41) is 16.0. The minimum absolute atomic E-state index is 0.0103. The summed E-state index contributed by atoms with van der Waals surface area (Å²) in [6, 6.07) is 17.2. The lowest BCUT2D eigenvalue weighted by Crippen LogP contribution is -2.34. The van der Waals surface area contributed by atoms with E-state index in [0.29, 0.717) is 16.3 Å². The molecule has 1 aromatic heterocycles. The van der Waals surface area contributed by atoms with E-state index in [1.807, 2.05) is 17.5 Å². The highest BCUT2D eigenvalue weighted by atomic mass is 35.5. The van der Waals surface area contributed by atoms with Gasteiger partial charge in [-0.1, -0.05) is 53.2 Å². The summed E-state index contributed by atoms with van der Waals surface area (Å²) in [6.45, 7) is 1.54. The Morgan fingerprint density at radius 1 is 1.10 bits per heavy atom. The quantitative estimate of drug-likeness (QED) is 0.390. The van der Waals surface area contributed by atoms with Crippen LogP contribution in [-0.2, 0) is 16.2 Å². The van der Waals surface area contributed by atoms with Gasteiger partial charge in [0.25, 0.3) is 5.91 Å². The van der Waals surface area contributed by atoms with E-state index in [2.05, 4.69) is 5.16 Å². The predicted octanol–water partition coefficient (Wildman–Crippen LogP) is 5.07. The average molecular weight is 443 g/mol. The largest absolute Gasteiger partial charge is 0.478 e. The first-order chi connectivity index (χ1) is 14.5. The molecule has 0 bridgehead atoms. The van der Waals surface area contributed by atoms with Crippen molar-refractivity contribution < 1.29 is 19.5 Å². The highest BCUT2D eigenvalue weighted by Gasteiger charge is 2.23. The number of amides is 1. The number of halogens is 1. The van der Waals surface area contributed by atoms with E-state index < -0.39 is 11.9 Å². The summed E-state index contributed by atoms with van der Waals surface area (Å²) < 4.78 is 0. The lowest BCUT2D eigenvalue weighted by atomic mass is 10.1. The molecule has 0 aliphatic heterocycles. The molecule has 1 heterocycles. The van der Waals surface area contributed by atoms with Crippen LogP contribution in [0.5, 0.6) is 0 Å². The predicted molar refractivity (Wildman–Crippen MR) is 119 cm³/mol. The van der Waals surface area contributed by atoms with Crippen molar-refractivity contribution in [2.24, 2.45) is 5.16 Å². The van der Waals surface area contributed by atoms with E-state index in [4.69, 9.17) is 16.4 Å². The molecule has 1 amide bonds. The highest BCUT2D eigenvalue weighted by molar-refractivity contribution is 7.12. The summed E-state index contributed by atoms with van der Waals surface area (Å²) in [5.74, 6) is -1.57. The standard InChI is InChI=1S/C22H19ClN2O4S/c1-15(20-11-6-12-30-20)24-29-14-21(26)25(13-16-7-2-4-9-18(16)23)19-10-5-3-8-17(19)22(27)28/h2-12H,13-14H2,1H3,(H,27,28)/b24-15+. The minimum Gasteiger partial charge on any atom is -0.478 e. The van der Waals surface area contributed by atoms with E-state index in [0.717, 1.165) is 4.88 Å². The number of oxime groups is 1. The first kappa shape index (κ1) is 21.5. The number of hydrogen-bond donors (Lipinski definition) is 1. The lowest BCUT2D eigenvalue weighted by molar-refractivity contribution is -0.123. The zero-order chi connectivity index (χ0) is 21.5. The third-order valence-electron chi connectivity index (χ3n) is 4.28. The molecule has 8 heteroatoms. The second-order valence-corrected chi connectivity index (χ2v) is 7.68. The van der Waals surface area contributed by atoms with Gasteiger partial charge in [-0.05, 0) is 42.1 Å². The van der Waals surface area contributed by atoms with Gasteiger partial charge < -0.3 is 14.8 Å². The van der Waals surface area contributed by atoms with E-state index in [1.165, 1.54) is 22.3 Å². The van der Waals surface area contributed by atoms with Gasteiger partial charge in [0.2, 0.25) is 0 Å². The monoisotopic (exact) mass is 442 g/mol. The molecule has 0 spiro atoms. The molecular weight excluding hydrogens is 424 g/mol. The Hall–Kier alpha value is -3.16. The Kier molecular flexibility index (Phi) is 7.21. The molecule has 0 aliphatic carbocycles. The maximum atomic E-state index is 13.0. The topological polar surface area (TPSA) is 79.2 Å². The number of nitrogens with zero attached hydrogens (tertiary/aromatic N) is 2. The second-order valence-electron chi connectivity index (χ2n) is 6.32. The van der Waals surface area contributed by atoms with Crippen LogP contribution >= 0.6 is 22.9 Å². The zero-order valence-corrected chi connectivity index (χ0v) is 17.7. The summed E-state index contributed by atoms with van der Waals surface area (Å²) >= 11 is 7.78. The Morgan fingerprint density at radius 2 is 1.83 bits per heavy atom. The van der Waals surface area contributed by atoms with E-state index in [-0.39, 0.29) is 24.4 Å². The molecule has 0 unspecified atom stereocenters. The van der Waals surface area contributed by atoms with Crippen LogP contribution in [0.4, 0.5) is 5.69 Å². The smallest absolute Gasteiger partial charge is 0.337 e. The fraction of sp³-hybridized carbons (Fsp3) is 0.136. The molecule has 3 rings (SSSR count). The summed E-state index contributed by atoms with van der Waals surface area (Å²) in [7, 11) is 0. The number of carboxylic acid groups (broad SMARTS) is 1. The number of carbonyl (C=O) groups is 2. The molecule has 0 saturated heterocycles. The summed E-state index contributed by atoms with van der Waals surface area (Å²) in [4.78, 5) is 32.2. The van der Waals surface area contributed by atoms with Gasteiger partial charge in [0, 0.05) is 5.02 Å². The Morgan fingerprint density at radius 3 is 2.53 bits per heavy atom. The molecule has 0 radical (unpaired) electrons. The first-order valence-electron chi connectivity index (χ1n) is 9.04. The molecule has 0 fully saturated rings. The molecular formula is C22H19ClN2O4S. The Bertz CT molecular complexity index is 1070. The van der Waals surface area contributed by atoms with Crippen LogP contribution in [-0.4, -0.2) is 29.3 Å². The number of carbonyl (C=O) groups excluding carboxylic acids is 1. The van der Waals surface area contributed by atoms with Crippen molar-refractivity contribution >= 4 is 46.2 Å². The number of para-hydroxylation sites is 1. The maximum absolute atomic E-state index is 13.0. The number of benzene rings is 2. The second kappa shape index (κ2) is 10.0. The summed E-state index contributed by atoms with van der Waals surface area (Å²) in [5.41, 5.74) is 1.61. The molecule has 6 nitrogen and oxygen atoms in total. The molecule has 0 aliphatic rings. The lowest BCUT2D eigenvalue weighted by Gasteiger charge is -2.24. The first-order valence-corrected chi connectivity index (χ1v) is 10.3. The van der Waals surface area contributed by atoms with Crippen molar-refractivity contribution in [2.45, 2.75) is 13.5 Å². The number of aromatic carboxylic acids is 1. The van der Waals surface area contributed by atoms with Gasteiger partial charge in [-0.15, -0.1) is 11.3 Å².